The number of nitrogens with zero attached hydrogens (tertiary/aromatic N) is 1. The molecule has 0 aromatic heterocycles. The van der Waals surface area contributed by atoms with Crippen LogP contribution in [0.1, 0.15) is 30.9 Å². The second-order valence-electron chi connectivity index (χ2n) is 4.59. The lowest BCUT2D eigenvalue weighted by Gasteiger charge is -2.21. The van der Waals surface area contributed by atoms with Gasteiger partial charge in [-0.15, -0.1) is 0 Å². The monoisotopic (exact) mass is 303 g/mol. The van der Waals surface area contributed by atoms with E-state index >= 15 is 0 Å². The molecule has 0 aliphatic heterocycles. The van der Waals surface area contributed by atoms with E-state index in [-0.39, 0.29) is 18.9 Å². The van der Waals surface area contributed by atoms with Crippen LogP contribution in [0.15, 0.2) is 24.3 Å². The van der Waals surface area contributed by atoms with Gasteiger partial charge in [-0.3, -0.25) is 9.59 Å². The van der Waals surface area contributed by atoms with Crippen LogP contribution in [-0.4, -0.2) is 28.4 Å². The maximum atomic E-state index is 12.4. The number of benzene rings is 1. The van der Waals surface area contributed by atoms with Gasteiger partial charge in [-0.2, -0.15) is 13.2 Å². The second kappa shape index (κ2) is 7.10. The molecule has 21 heavy (non-hydrogen) atoms. The minimum Gasteiger partial charge on any atom is -0.480 e. The third-order valence-electron chi connectivity index (χ3n) is 2.80. The maximum absolute atomic E-state index is 12.4. The van der Waals surface area contributed by atoms with E-state index in [1.165, 1.54) is 12.1 Å². The normalized spacial score (nSPS) is 11.2. The minimum atomic E-state index is -4.42. The Morgan fingerprint density at radius 2 is 1.76 bits per heavy atom. The standard InChI is InChI=1S/C14H16F3NO3/c1-2-3-12(19)18(9-13(20)21)8-10-4-6-11(7-5-10)14(15,16)17/h4-7H,2-3,8-9H2,1H3,(H,20,21). The molecule has 1 aromatic rings. The van der Waals surface area contributed by atoms with Crippen LogP contribution in [0.25, 0.3) is 0 Å². The summed E-state index contributed by atoms with van der Waals surface area (Å²) >= 11 is 0. The summed E-state index contributed by atoms with van der Waals surface area (Å²) in [5.41, 5.74) is -0.329. The lowest BCUT2D eigenvalue weighted by atomic mass is 10.1. The van der Waals surface area contributed by atoms with Crippen LogP contribution >= 0.6 is 0 Å². The van der Waals surface area contributed by atoms with Gasteiger partial charge in [-0.1, -0.05) is 19.1 Å². The highest BCUT2D eigenvalue weighted by molar-refractivity contribution is 5.81. The third kappa shape index (κ3) is 5.45. The molecule has 1 amide bonds. The smallest absolute Gasteiger partial charge is 0.416 e. The predicted octanol–water partition coefficient (Wildman–Crippen LogP) is 2.92. The van der Waals surface area contributed by atoms with Crippen molar-refractivity contribution < 1.29 is 27.9 Å². The summed E-state index contributed by atoms with van der Waals surface area (Å²) in [6.07, 6.45) is -3.65. The molecular weight excluding hydrogens is 287 g/mol. The highest BCUT2D eigenvalue weighted by Crippen LogP contribution is 2.29. The fraction of sp³-hybridized carbons (Fsp3) is 0.429. The molecule has 1 aromatic carbocycles. The summed E-state index contributed by atoms with van der Waals surface area (Å²) < 4.78 is 37.3. The van der Waals surface area contributed by atoms with Gasteiger partial charge in [-0.25, -0.2) is 0 Å². The summed E-state index contributed by atoms with van der Waals surface area (Å²) in [6, 6.07) is 4.32. The lowest BCUT2D eigenvalue weighted by molar-refractivity contribution is -0.144. The van der Waals surface area contributed by atoms with E-state index in [0.717, 1.165) is 17.0 Å². The minimum absolute atomic E-state index is 0.0245. The number of halogens is 3. The van der Waals surface area contributed by atoms with E-state index < -0.39 is 24.3 Å². The Labute approximate surface area is 120 Å². The molecule has 0 fully saturated rings. The van der Waals surface area contributed by atoms with E-state index in [1.54, 1.807) is 6.92 Å². The first-order valence-electron chi connectivity index (χ1n) is 6.39. The molecule has 0 saturated heterocycles. The molecule has 0 unspecified atom stereocenters. The van der Waals surface area contributed by atoms with E-state index in [1.807, 2.05) is 0 Å². The van der Waals surface area contributed by atoms with Crippen LogP contribution in [0.5, 0.6) is 0 Å². The van der Waals surface area contributed by atoms with Crippen LogP contribution in [-0.2, 0) is 22.3 Å². The van der Waals surface area contributed by atoms with Crippen molar-refractivity contribution in [2.24, 2.45) is 0 Å². The average Bonchev–Trinajstić information content (AvgIpc) is 2.37. The van der Waals surface area contributed by atoms with Gasteiger partial charge in [0, 0.05) is 13.0 Å². The Morgan fingerprint density at radius 1 is 1.19 bits per heavy atom. The average molecular weight is 303 g/mol. The van der Waals surface area contributed by atoms with Crippen molar-refractivity contribution in [2.45, 2.75) is 32.5 Å². The number of rotatable bonds is 6. The first-order chi connectivity index (χ1) is 9.74. The number of hydrogen-bond acceptors (Lipinski definition) is 2. The molecule has 1 N–H and O–H groups in total. The lowest BCUT2D eigenvalue weighted by Crippen LogP contribution is -2.34. The Hall–Kier alpha value is -2.05. The highest BCUT2D eigenvalue weighted by Gasteiger charge is 2.30. The van der Waals surface area contributed by atoms with Gasteiger partial charge in [0.05, 0.1) is 5.56 Å². The molecule has 0 saturated carbocycles. The molecule has 0 aliphatic rings. The molecule has 1 rings (SSSR count). The number of carboxylic acid groups (broad SMARTS) is 1. The summed E-state index contributed by atoms with van der Waals surface area (Å²) in [5, 5.41) is 8.79. The predicted molar refractivity (Wildman–Crippen MR) is 69.4 cm³/mol. The number of hydrogen-bond donors (Lipinski definition) is 1. The van der Waals surface area contributed by atoms with Crippen molar-refractivity contribution in [3.8, 4) is 0 Å². The van der Waals surface area contributed by atoms with Crippen LogP contribution in [0.4, 0.5) is 13.2 Å². The van der Waals surface area contributed by atoms with Crippen molar-refractivity contribution in [3.63, 3.8) is 0 Å². The molecule has 0 aliphatic carbocycles. The van der Waals surface area contributed by atoms with Crippen molar-refractivity contribution >= 4 is 11.9 Å². The van der Waals surface area contributed by atoms with Crippen LogP contribution in [0.2, 0.25) is 0 Å². The molecule has 0 atom stereocenters. The topological polar surface area (TPSA) is 57.6 Å². The number of carbonyl (C=O) groups is 2. The fourth-order valence-electron chi connectivity index (χ4n) is 1.79. The third-order valence-corrected chi connectivity index (χ3v) is 2.80. The van der Waals surface area contributed by atoms with E-state index in [0.29, 0.717) is 12.0 Å². The quantitative estimate of drug-likeness (QED) is 0.879. The highest BCUT2D eigenvalue weighted by atomic mass is 19.4. The summed E-state index contributed by atoms with van der Waals surface area (Å²) in [6.45, 7) is 1.29. The number of aliphatic carboxylic acids is 1. The summed E-state index contributed by atoms with van der Waals surface area (Å²) in [4.78, 5) is 23.7. The van der Waals surface area contributed by atoms with E-state index in [9.17, 15) is 22.8 Å². The molecule has 116 valence electrons. The zero-order valence-electron chi connectivity index (χ0n) is 11.5. The van der Waals surface area contributed by atoms with Crippen LogP contribution < -0.4 is 0 Å². The van der Waals surface area contributed by atoms with Gasteiger partial charge < -0.3 is 10.0 Å². The molecule has 0 heterocycles. The molecule has 0 radical (unpaired) electrons. The van der Waals surface area contributed by atoms with Crippen molar-refractivity contribution in [2.75, 3.05) is 6.54 Å². The van der Waals surface area contributed by atoms with Crippen molar-refractivity contribution in [1.82, 2.24) is 4.90 Å². The first kappa shape index (κ1) is 17.0. The summed E-state index contributed by atoms with van der Waals surface area (Å²) in [5.74, 6) is -1.49. The number of amides is 1. The Bertz CT molecular complexity index is 497. The van der Waals surface area contributed by atoms with Crippen molar-refractivity contribution in [3.05, 3.63) is 35.4 Å². The zero-order valence-corrected chi connectivity index (χ0v) is 11.5. The Morgan fingerprint density at radius 3 is 2.19 bits per heavy atom. The largest absolute Gasteiger partial charge is 0.480 e. The van der Waals surface area contributed by atoms with Crippen molar-refractivity contribution in [1.29, 1.82) is 0 Å². The molecule has 0 bridgehead atoms. The van der Waals surface area contributed by atoms with Crippen LogP contribution in [0, 0.1) is 0 Å². The van der Waals surface area contributed by atoms with E-state index in [2.05, 4.69) is 0 Å². The molecule has 4 nitrogen and oxygen atoms in total. The number of carboxylic acids is 1. The van der Waals surface area contributed by atoms with Gasteiger partial charge in [0.2, 0.25) is 5.91 Å². The molecule has 0 spiro atoms. The molecule has 7 heteroatoms. The SMILES string of the molecule is CCCC(=O)N(CC(=O)O)Cc1ccc(C(F)(F)F)cc1. The fourth-order valence-corrected chi connectivity index (χ4v) is 1.79. The number of carbonyl (C=O) groups excluding carboxylic acids is 1. The maximum Gasteiger partial charge on any atom is 0.416 e. The number of alkyl halides is 3. The Kier molecular flexibility index (Phi) is 5.75. The van der Waals surface area contributed by atoms with Gasteiger partial charge in [0.1, 0.15) is 6.54 Å². The van der Waals surface area contributed by atoms with Gasteiger partial charge in [-0.05, 0) is 24.1 Å². The Balaban J connectivity index is 2.83. The van der Waals surface area contributed by atoms with E-state index in [4.69, 9.17) is 5.11 Å². The summed E-state index contributed by atoms with van der Waals surface area (Å²) in [7, 11) is 0. The first-order valence-corrected chi connectivity index (χ1v) is 6.39. The van der Waals surface area contributed by atoms with Crippen LogP contribution in [0.3, 0.4) is 0 Å². The molecular formula is C14H16F3NO3. The van der Waals surface area contributed by atoms with Gasteiger partial charge >= 0.3 is 12.1 Å². The second-order valence-corrected chi connectivity index (χ2v) is 4.59. The van der Waals surface area contributed by atoms with Gasteiger partial charge in [0.15, 0.2) is 0 Å². The zero-order chi connectivity index (χ0) is 16.0. The van der Waals surface area contributed by atoms with Gasteiger partial charge in [0.25, 0.3) is 0 Å².